The number of Topliss-reactive ketones (excluding diaryl/α,β-unsaturated/α-hetero) is 1. The van der Waals surface area contributed by atoms with Gasteiger partial charge in [0.05, 0.1) is 0 Å². The molecule has 0 aromatic rings. The average molecular weight is 337 g/mol. The fourth-order valence-electron chi connectivity index (χ4n) is 4.22. The summed E-state index contributed by atoms with van der Waals surface area (Å²) in [6.45, 7) is 17.8. The molecule has 0 aromatic heterocycles. The first-order valence-corrected chi connectivity index (χ1v) is 12.3. The van der Waals surface area contributed by atoms with Gasteiger partial charge in [-0.15, -0.1) is 6.58 Å². The van der Waals surface area contributed by atoms with Gasteiger partial charge in [-0.25, -0.2) is 0 Å². The minimum atomic E-state index is -1.81. The number of carbonyl (C=O) groups excluding carboxylic acids is 1. The van der Waals surface area contributed by atoms with Gasteiger partial charge in [0.1, 0.15) is 5.78 Å². The molecule has 2 aliphatic carbocycles. The Kier molecular flexibility index (Phi) is 5.62. The summed E-state index contributed by atoms with van der Waals surface area (Å²) in [5.41, 5.74) is 0. The SMILES string of the molecule is C=CC[C@H]1C[C@@H](O[Si](C)(C)C(C)(C)C)[C@@H]2CC[C@@H](C)[C@H]2CC1=O. The lowest BCUT2D eigenvalue weighted by atomic mass is 9.85. The molecule has 2 rings (SSSR count). The fourth-order valence-corrected chi connectivity index (χ4v) is 5.61. The van der Waals surface area contributed by atoms with Gasteiger partial charge in [-0.1, -0.05) is 40.2 Å². The zero-order valence-corrected chi connectivity index (χ0v) is 17.0. The molecule has 0 heterocycles. The molecule has 3 heteroatoms. The molecule has 2 saturated carbocycles. The molecule has 0 aromatic carbocycles. The maximum absolute atomic E-state index is 12.7. The van der Waals surface area contributed by atoms with Gasteiger partial charge < -0.3 is 4.43 Å². The van der Waals surface area contributed by atoms with E-state index in [1.165, 1.54) is 12.8 Å². The Morgan fingerprint density at radius 3 is 2.48 bits per heavy atom. The van der Waals surface area contributed by atoms with Crippen LogP contribution in [0.15, 0.2) is 12.7 Å². The minimum absolute atomic E-state index is 0.125. The van der Waals surface area contributed by atoms with E-state index < -0.39 is 8.32 Å². The van der Waals surface area contributed by atoms with Crippen molar-refractivity contribution in [3.8, 4) is 0 Å². The van der Waals surface area contributed by atoms with Crippen LogP contribution in [0.25, 0.3) is 0 Å². The first-order valence-electron chi connectivity index (χ1n) is 9.38. The second-order valence-corrected chi connectivity index (χ2v) is 14.2. The highest BCUT2D eigenvalue weighted by atomic mass is 28.4. The van der Waals surface area contributed by atoms with Gasteiger partial charge >= 0.3 is 0 Å². The number of hydrogen-bond donors (Lipinski definition) is 0. The number of rotatable bonds is 4. The Labute approximate surface area is 144 Å². The molecule has 0 amide bonds. The smallest absolute Gasteiger partial charge is 0.192 e. The maximum Gasteiger partial charge on any atom is 0.192 e. The van der Waals surface area contributed by atoms with Crippen LogP contribution in [-0.2, 0) is 9.22 Å². The van der Waals surface area contributed by atoms with Gasteiger partial charge in [-0.3, -0.25) is 4.79 Å². The highest BCUT2D eigenvalue weighted by Gasteiger charge is 2.48. The van der Waals surface area contributed by atoms with Gasteiger partial charge in [0.15, 0.2) is 8.32 Å². The van der Waals surface area contributed by atoms with E-state index >= 15 is 0 Å². The Bertz CT molecular complexity index is 449. The molecule has 2 fully saturated rings. The lowest BCUT2D eigenvalue weighted by molar-refractivity contribution is -0.123. The lowest BCUT2D eigenvalue weighted by Gasteiger charge is -2.42. The molecular weight excluding hydrogens is 300 g/mol. The van der Waals surface area contributed by atoms with Crippen molar-refractivity contribution in [2.45, 2.75) is 84.0 Å². The first-order chi connectivity index (χ1) is 10.6. The minimum Gasteiger partial charge on any atom is -0.414 e. The van der Waals surface area contributed by atoms with E-state index in [9.17, 15) is 4.79 Å². The largest absolute Gasteiger partial charge is 0.414 e. The van der Waals surface area contributed by atoms with Crippen molar-refractivity contribution in [3.63, 3.8) is 0 Å². The van der Waals surface area contributed by atoms with Crippen LogP contribution in [0.5, 0.6) is 0 Å². The summed E-state index contributed by atoms with van der Waals surface area (Å²) in [6, 6.07) is 0. The predicted molar refractivity (Wildman–Crippen MR) is 100.0 cm³/mol. The van der Waals surface area contributed by atoms with Crippen molar-refractivity contribution < 1.29 is 9.22 Å². The lowest BCUT2D eigenvalue weighted by Crippen LogP contribution is -2.46. The third-order valence-electron chi connectivity index (χ3n) is 6.83. The molecule has 0 spiro atoms. The number of allylic oxidation sites excluding steroid dienone is 1. The average Bonchev–Trinajstić information content (AvgIpc) is 2.71. The Hall–Kier alpha value is -0.413. The van der Waals surface area contributed by atoms with Crippen LogP contribution >= 0.6 is 0 Å². The summed E-state index contributed by atoms with van der Waals surface area (Å²) in [5.74, 6) is 2.36. The third-order valence-corrected chi connectivity index (χ3v) is 11.3. The van der Waals surface area contributed by atoms with Crippen molar-refractivity contribution in [3.05, 3.63) is 12.7 Å². The molecule has 0 saturated heterocycles. The van der Waals surface area contributed by atoms with Gasteiger partial charge in [-0.2, -0.15) is 0 Å². The predicted octanol–water partition coefficient (Wildman–Crippen LogP) is 5.59. The number of carbonyl (C=O) groups is 1. The van der Waals surface area contributed by atoms with E-state index in [-0.39, 0.29) is 17.1 Å². The van der Waals surface area contributed by atoms with Crippen LogP contribution in [0, 0.1) is 23.7 Å². The molecule has 0 N–H and O–H groups in total. The normalized spacial score (nSPS) is 35.7. The summed E-state index contributed by atoms with van der Waals surface area (Å²) >= 11 is 0. The van der Waals surface area contributed by atoms with Crippen LogP contribution in [0.2, 0.25) is 18.1 Å². The van der Waals surface area contributed by atoms with Gasteiger partial charge in [0.2, 0.25) is 0 Å². The maximum atomic E-state index is 12.7. The molecule has 2 nitrogen and oxygen atoms in total. The van der Waals surface area contributed by atoms with Crippen LogP contribution in [0.4, 0.5) is 0 Å². The molecule has 23 heavy (non-hydrogen) atoms. The molecule has 2 aliphatic rings. The molecular formula is C20H36O2Si. The van der Waals surface area contributed by atoms with E-state index in [2.05, 4.69) is 47.4 Å². The fraction of sp³-hybridized carbons (Fsp3) is 0.850. The number of hydrogen-bond acceptors (Lipinski definition) is 2. The summed E-state index contributed by atoms with van der Waals surface area (Å²) in [4.78, 5) is 12.7. The topological polar surface area (TPSA) is 26.3 Å². The third kappa shape index (κ3) is 3.99. The quantitative estimate of drug-likeness (QED) is 0.494. The highest BCUT2D eigenvalue weighted by molar-refractivity contribution is 6.74. The molecule has 0 unspecified atom stereocenters. The Morgan fingerprint density at radius 2 is 1.91 bits per heavy atom. The molecule has 0 bridgehead atoms. The second kappa shape index (κ2) is 6.83. The van der Waals surface area contributed by atoms with Gasteiger partial charge in [-0.05, 0) is 55.1 Å². The number of ketones is 1. The first kappa shape index (κ1) is 18.9. The van der Waals surface area contributed by atoms with Crippen LogP contribution in [0.1, 0.15) is 59.8 Å². The molecule has 132 valence electrons. The van der Waals surface area contributed by atoms with Crippen molar-refractivity contribution in [2.24, 2.45) is 23.7 Å². The van der Waals surface area contributed by atoms with Crippen LogP contribution in [-0.4, -0.2) is 20.2 Å². The van der Waals surface area contributed by atoms with Crippen molar-refractivity contribution in [1.29, 1.82) is 0 Å². The number of fused-ring (bicyclic) bond motifs is 1. The second-order valence-electron chi connectivity index (χ2n) is 9.43. The Balaban J connectivity index is 2.26. The standard InChI is InChI=1S/C20H36O2Si/c1-8-9-15-12-19(22-23(6,7)20(3,4)5)16-11-10-14(2)17(16)13-18(15)21/h8,14-17,19H,1,9-13H2,2-7H3/t14-,15+,16-,17-,19-/m1/s1. The molecule has 5 atom stereocenters. The van der Waals surface area contributed by atoms with Gasteiger partial charge in [0, 0.05) is 18.4 Å². The molecule has 0 radical (unpaired) electrons. The van der Waals surface area contributed by atoms with Gasteiger partial charge in [0.25, 0.3) is 0 Å². The zero-order valence-electron chi connectivity index (χ0n) is 16.0. The van der Waals surface area contributed by atoms with E-state index in [1.54, 1.807) is 0 Å². The molecule has 0 aliphatic heterocycles. The van der Waals surface area contributed by atoms with Crippen LogP contribution < -0.4 is 0 Å². The highest BCUT2D eigenvalue weighted by Crippen LogP contribution is 2.48. The monoisotopic (exact) mass is 336 g/mol. The summed E-state index contributed by atoms with van der Waals surface area (Å²) in [6.07, 6.45) is 7.15. The Morgan fingerprint density at radius 1 is 1.26 bits per heavy atom. The van der Waals surface area contributed by atoms with E-state index in [0.717, 1.165) is 19.3 Å². The van der Waals surface area contributed by atoms with Crippen molar-refractivity contribution in [2.75, 3.05) is 0 Å². The van der Waals surface area contributed by atoms with Crippen molar-refractivity contribution in [1.82, 2.24) is 0 Å². The van der Waals surface area contributed by atoms with E-state index in [0.29, 0.717) is 23.5 Å². The van der Waals surface area contributed by atoms with Crippen LogP contribution in [0.3, 0.4) is 0 Å². The summed E-state index contributed by atoms with van der Waals surface area (Å²) in [5, 5.41) is 0.219. The zero-order chi connectivity index (χ0) is 17.4. The van der Waals surface area contributed by atoms with Crippen molar-refractivity contribution >= 4 is 14.1 Å². The van der Waals surface area contributed by atoms with E-state index in [1.807, 2.05) is 6.08 Å². The summed E-state index contributed by atoms with van der Waals surface area (Å²) < 4.78 is 6.86. The van der Waals surface area contributed by atoms with E-state index in [4.69, 9.17) is 4.43 Å². The summed E-state index contributed by atoms with van der Waals surface area (Å²) in [7, 11) is -1.81.